The second kappa shape index (κ2) is 6.43. The zero-order valence-electron chi connectivity index (χ0n) is 12.6. The number of anilines is 2. The summed E-state index contributed by atoms with van der Waals surface area (Å²) in [6, 6.07) is 7.15. The van der Waals surface area contributed by atoms with Crippen LogP contribution in [0.3, 0.4) is 0 Å². The Balaban J connectivity index is 1.89. The fraction of sp³-hybridized carbons (Fsp3) is 0.125. The average Bonchev–Trinajstić information content (AvgIpc) is 3.20. The molecule has 6 nitrogen and oxygen atoms in total. The van der Waals surface area contributed by atoms with Gasteiger partial charge in [-0.05, 0) is 52.4 Å². The zero-order chi connectivity index (χ0) is 17.6. The third-order valence-electron chi connectivity index (χ3n) is 3.94. The molecule has 0 amide bonds. The number of aromatic nitrogens is 2. The standard InChI is InChI=1S/C16H11ClFIN4O2/c17-11-4-8(19)1-2-12(11)21-14-9(15-22-23-16(24)25-15)3-7-5-20-6-10(7)13(14)18/h1-4,20-21H,5-6H2,(H,23,24). The summed E-state index contributed by atoms with van der Waals surface area (Å²) in [5.74, 6) is -1.10. The maximum Gasteiger partial charge on any atom is 0.434 e. The Morgan fingerprint density at radius 3 is 2.88 bits per heavy atom. The van der Waals surface area contributed by atoms with Gasteiger partial charge < -0.3 is 15.1 Å². The van der Waals surface area contributed by atoms with Crippen molar-refractivity contribution in [2.75, 3.05) is 5.32 Å². The Bertz CT molecular complexity index is 1030. The molecule has 1 aromatic heterocycles. The lowest BCUT2D eigenvalue weighted by Gasteiger charge is -2.15. The van der Waals surface area contributed by atoms with Crippen molar-refractivity contribution in [2.45, 2.75) is 13.1 Å². The van der Waals surface area contributed by atoms with E-state index in [4.69, 9.17) is 16.0 Å². The smallest absolute Gasteiger partial charge is 0.388 e. The molecule has 3 N–H and O–H groups in total. The minimum absolute atomic E-state index is 0.0164. The van der Waals surface area contributed by atoms with Crippen molar-refractivity contribution >= 4 is 45.6 Å². The van der Waals surface area contributed by atoms with Gasteiger partial charge in [0.25, 0.3) is 5.89 Å². The Morgan fingerprint density at radius 2 is 2.16 bits per heavy atom. The number of hydrogen-bond donors (Lipinski definition) is 3. The van der Waals surface area contributed by atoms with E-state index in [1.165, 1.54) is 0 Å². The third-order valence-corrected chi connectivity index (χ3v) is 4.92. The molecule has 0 spiro atoms. The number of nitrogens with one attached hydrogen (secondary N) is 3. The van der Waals surface area contributed by atoms with E-state index >= 15 is 4.39 Å². The van der Waals surface area contributed by atoms with Crippen LogP contribution in [0.5, 0.6) is 0 Å². The molecular weight excluding hydrogens is 462 g/mol. The second-order valence-corrected chi connectivity index (χ2v) is 7.17. The summed E-state index contributed by atoms with van der Waals surface area (Å²) in [5, 5.41) is 12.6. The Kier molecular flexibility index (Phi) is 4.26. The molecular formula is C16H11ClFIN4O2. The van der Waals surface area contributed by atoms with Gasteiger partial charge in [-0.3, -0.25) is 0 Å². The van der Waals surface area contributed by atoms with Gasteiger partial charge in [0.05, 0.1) is 22.0 Å². The van der Waals surface area contributed by atoms with Crippen molar-refractivity contribution in [1.82, 2.24) is 15.5 Å². The highest BCUT2D eigenvalue weighted by atomic mass is 127. The highest BCUT2D eigenvalue weighted by Crippen LogP contribution is 2.38. The van der Waals surface area contributed by atoms with E-state index in [1.807, 2.05) is 6.07 Å². The first-order valence-electron chi connectivity index (χ1n) is 7.36. The summed E-state index contributed by atoms with van der Waals surface area (Å²) in [5.41, 5.74) is 2.45. The third kappa shape index (κ3) is 3.05. The lowest BCUT2D eigenvalue weighted by Crippen LogP contribution is -2.03. The summed E-state index contributed by atoms with van der Waals surface area (Å²) in [6.07, 6.45) is 0. The van der Waals surface area contributed by atoms with Crippen LogP contribution in [0.25, 0.3) is 11.5 Å². The summed E-state index contributed by atoms with van der Waals surface area (Å²) in [4.78, 5) is 11.3. The zero-order valence-corrected chi connectivity index (χ0v) is 15.5. The van der Waals surface area contributed by atoms with Crippen LogP contribution >= 0.6 is 34.2 Å². The number of halogens is 3. The van der Waals surface area contributed by atoms with Gasteiger partial charge in [0.1, 0.15) is 0 Å². The minimum Gasteiger partial charge on any atom is -0.388 e. The van der Waals surface area contributed by atoms with E-state index in [0.717, 1.165) is 9.13 Å². The van der Waals surface area contributed by atoms with E-state index in [-0.39, 0.29) is 11.6 Å². The summed E-state index contributed by atoms with van der Waals surface area (Å²) in [7, 11) is 0. The van der Waals surface area contributed by atoms with Crippen molar-refractivity contribution in [1.29, 1.82) is 0 Å². The normalized spacial score (nSPS) is 13.1. The van der Waals surface area contributed by atoms with Gasteiger partial charge in [-0.1, -0.05) is 11.6 Å². The Morgan fingerprint density at radius 1 is 1.32 bits per heavy atom. The van der Waals surface area contributed by atoms with Crippen LogP contribution < -0.4 is 16.4 Å². The lowest BCUT2D eigenvalue weighted by molar-refractivity contribution is 0.526. The van der Waals surface area contributed by atoms with Crippen molar-refractivity contribution in [3.8, 4) is 11.5 Å². The highest BCUT2D eigenvalue weighted by Gasteiger charge is 2.25. The first-order chi connectivity index (χ1) is 12.0. The van der Waals surface area contributed by atoms with E-state index in [2.05, 4.69) is 43.4 Å². The number of H-pyrrole nitrogens is 1. The van der Waals surface area contributed by atoms with Crippen LogP contribution in [0.1, 0.15) is 11.1 Å². The van der Waals surface area contributed by atoms with E-state index < -0.39 is 11.6 Å². The average molecular weight is 473 g/mol. The molecule has 0 aliphatic carbocycles. The number of fused-ring (bicyclic) bond motifs is 1. The number of rotatable bonds is 3. The molecule has 0 saturated heterocycles. The summed E-state index contributed by atoms with van der Waals surface area (Å²) in [6.45, 7) is 0.972. The van der Waals surface area contributed by atoms with Gasteiger partial charge in [0, 0.05) is 22.2 Å². The fourth-order valence-corrected chi connectivity index (χ4v) is 3.68. The number of hydrogen-bond acceptors (Lipinski definition) is 5. The molecule has 3 aromatic rings. The van der Waals surface area contributed by atoms with Crippen LogP contribution in [0, 0.1) is 9.39 Å². The largest absolute Gasteiger partial charge is 0.434 e. The molecule has 25 heavy (non-hydrogen) atoms. The van der Waals surface area contributed by atoms with Crippen molar-refractivity contribution in [2.24, 2.45) is 0 Å². The quantitative estimate of drug-likeness (QED) is 0.506. The topological polar surface area (TPSA) is 83.0 Å². The van der Waals surface area contributed by atoms with Gasteiger partial charge in [-0.2, -0.15) is 0 Å². The highest BCUT2D eigenvalue weighted by molar-refractivity contribution is 14.1. The molecule has 1 aliphatic heterocycles. The molecule has 0 unspecified atom stereocenters. The maximum atomic E-state index is 15.1. The molecule has 4 rings (SSSR count). The molecule has 0 radical (unpaired) electrons. The molecule has 2 heterocycles. The Labute approximate surface area is 159 Å². The first-order valence-corrected chi connectivity index (χ1v) is 8.81. The second-order valence-electron chi connectivity index (χ2n) is 5.52. The molecule has 9 heteroatoms. The number of benzene rings is 2. The number of aromatic amines is 1. The number of nitrogens with zero attached hydrogens (tertiary/aromatic N) is 1. The lowest BCUT2D eigenvalue weighted by atomic mass is 10.0. The molecule has 0 atom stereocenters. The van der Waals surface area contributed by atoms with Crippen LogP contribution in [0.4, 0.5) is 15.8 Å². The summed E-state index contributed by atoms with van der Waals surface area (Å²) >= 11 is 8.40. The van der Waals surface area contributed by atoms with E-state index in [1.54, 1.807) is 18.2 Å². The van der Waals surface area contributed by atoms with Gasteiger partial charge in [-0.15, -0.1) is 5.10 Å². The van der Waals surface area contributed by atoms with Crippen molar-refractivity contribution in [3.63, 3.8) is 0 Å². The van der Waals surface area contributed by atoms with Crippen molar-refractivity contribution in [3.05, 3.63) is 60.4 Å². The molecule has 0 fully saturated rings. The van der Waals surface area contributed by atoms with Crippen LogP contribution in [0.2, 0.25) is 5.02 Å². The van der Waals surface area contributed by atoms with Gasteiger partial charge >= 0.3 is 5.76 Å². The monoisotopic (exact) mass is 472 g/mol. The van der Waals surface area contributed by atoms with Gasteiger partial charge in [-0.25, -0.2) is 14.3 Å². The molecule has 2 aromatic carbocycles. The molecule has 128 valence electrons. The SMILES string of the molecule is O=c1[nH]nc(-c2cc3c(c(F)c2Nc2ccc(I)cc2Cl)CNC3)o1. The van der Waals surface area contributed by atoms with Gasteiger partial charge in [0.15, 0.2) is 5.82 Å². The van der Waals surface area contributed by atoms with E-state index in [9.17, 15) is 4.79 Å². The van der Waals surface area contributed by atoms with Crippen LogP contribution in [-0.4, -0.2) is 10.2 Å². The molecule has 1 aliphatic rings. The Hall–Kier alpha value is -1.91. The molecule has 0 saturated carbocycles. The van der Waals surface area contributed by atoms with E-state index in [0.29, 0.717) is 34.9 Å². The minimum atomic E-state index is -0.702. The summed E-state index contributed by atoms with van der Waals surface area (Å²) < 4.78 is 21.1. The van der Waals surface area contributed by atoms with Crippen molar-refractivity contribution < 1.29 is 8.81 Å². The van der Waals surface area contributed by atoms with Crippen LogP contribution in [0.15, 0.2) is 33.5 Å². The fourth-order valence-electron chi connectivity index (χ4n) is 2.78. The maximum absolute atomic E-state index is 15.1. The van der Waals surface area contributed by atoms with Crippen LogP contribution in [-0.2, 0) is 13.1 Å². The van der Waals surface area contributed by atoms with Gasteiger partial charge in [0.2, 0.25) is 0 Å². The first kappa shape index (κ1) is 16.6. The predicted molar refractivity (Wildman–Crippen MR) is 101 cm³/mol. The predicted octanol–water partition coefficient (Wildman–Crippen LogP) is 3.77. The molecule has 0 bridgehead atoms.